The second-order valence-electron chi connectivity index (χ2n) is 3.53. The number of hydrogen-bond donors (Lipinski definition) is 1. The van der Waals surface area contributed by atoms with Gasteiger partial charge in [-0.2, -0.15) is 0 Å². The molecule has 88 valence electrons. The predicted molar refractivity (Wildman–Crippen MR) is 62.0 cm³/mol. The van der Waals surface area contributed by atoms with Crippen LogP contribution in [0.3, 0.4) is 0 Å². The van der Waals surface area contributed by atoms with Crippen LogP contribution < -0.4 is 4.74 Å². The molecule has 4 nitrogen and oxygen atoms in total. The van der Waals surface area contributed by atoms with Gasteiger partial charge in [0.15, 0.2) is 0 Å². The highest BCUT2D eigenvalue weighted by Crippen LogP contribution is 2.12. The third kappa shape index (κ3) is 3.81. The summed E-state index contributed by atoms with van der Waals surface area (Å²) in [5, 5.41) is 8.68. The fourth-order valence-electron chi connectivity index (χ4n) is 1.31. The van der Waals surface area contributed by atoms with Crippen molar-refractivity contribution >= 4 is 6.09 Å². The Hall–Kier alpha value is -1.71. The lowest BCUT2D eigenvalue weighted by atomic mass is 10.1. The van der Waals surface area contributed by atoms with Crippen LogP contribution in [-0.2, 0) is 6.42 Å². The van der Waals surface area contributed by atoms with Crippen LogP contribution in [0.4, 0.5) is 4.79 Å². The predicted octanol–water partition coefficient (Wildman–Crippen LogP) is 2.24. The summed E-state index contributed by atoms with van der Waals surface area (Å²) in [6.07, 6.45) is -0.180. The van der Waals surface area contributed by atoms with Crippen LogP contribution in [-0.4, -0.2) is 36.3 Å². The maximum Gasteiger partial charge on any atom is 0.407 e. The highest BCUT2D eigenvalue weighted by Gasteiger charge is 2.04. The molecule has 0 atom stereocenters. The minimum atomic E-state index is -0.897. The van der Waals surface area contributed by atoms with Gasteiger partial charge in [0.2, 0.25) is 0 Å². The van der Waals surface area contributed by atoms with Crippen LogP contribution in [0.15, 0.2) is 24.3 Å². The molecule has 0 aromatic heterocycles. The number of carboxylic acid groups (broad SMARTS) is 1. The Morgan fingerprint density at radius 1 is 1.38 bits per heavy atom. The van der Waals surface area contributed by atoms with E-state index < -0.39 is 6.09 Å². The normalized spacial score (nSPS) is 9.88. The van der Waals surface area contributed by atoms with Gasteiger partial charge in [0.1, 0.15) is 5.75 Å². The van der Waals surface area contributed by atoms with Crippen molar-refractivity contribution in [2.75, 3.05) is 20.2 Å². The number of amides is 1. The molecule has 0 saturated carbocycles. The van der Waals surface area contributed by atoms with E-state index in [1.807, 2.05) is 31.2 Å². The molecule has 1 aromatic carbocycles. The topological polar surface area (TPSA) is 49.8 Å². The fourth-order valence-corrected chi connectivity index (χ4v) is 1.31. The van der Waals surface area contributed by atoms with E-state index in [9.17, 15) is 4.79 Å². The monoisotopic (exact) mass is 223 g/mol. The smallest absolute Gasteiger partial charge is 0.407 e. The van der Waals surface area contributed by atoms with Crippen molar-refractivity contribution in [3.8, 4) is 5.75 Å². The minimum Gasteiger partial charge on any atom is -0.494 e. The third-order valence-electron chi connectivity index (χ3n) is 2.30. The van der Waals surface area contributed by atoms with Crippen LogP contribution in [0.2, 0.25) is 0 Å². The highest BCUT2D eigenvalue weighted by molar-refractivity contribution is 5.64. The molecule has 0 fully saturated rings. The molecule has 1 aromatic rings. The summed E-state index contributed by atoms with van der Waals surface area (Å²) in [6.45, 7) is 3.10. The average Bonchev–Trinajstić information content (AvgIpc) is 2.28. The van der Waals surface area contributed by atoms with Crippen LogP contribution in [0.5, 0.6) is 5.75 Å². The van der Waals surface area contributed by atoms with Gasteiger partial charge in [0.25, 0.3) is 0 Å². The summed E-state index contributed by atoms with van der Waals surface area (Å²) in [6, 6.07) is 7.72. The fraction of sp³-hybridized carbons (Fsp3) is 0.417. The van der Waals surface area contributed by atoms with Gasteiger partial charge in [-0.25, -0.2) is 4.79 Å². The van der Waals surface area contributed by atoms with Crippen molar-refractivity contribution in [3.63, 3.8) is 0 Å². The molecule has 0 aliphatic carbocycles. The van der Waals surface area contributed by atoms with Gasteiger partial charge in [-0.3, -0.25) is 0 Å². The Morgan fingerprint density at radius 2 is 2.00 bits per heavy atom. The van der Waals surface area contributed by atoms with Crippen molar-refractivity contribution in [1.82, 2.24) is 4.90 Å². The number of ether oxygens (including phenoxy) is 1. The summed E-state index contributed by atoms with van der Waals surface area (Å²) in [4.78, 5) is 11.8. The lowest BCUT2D eigenvalue weighted by Crippen LogP contribution is -2.26. The van der Waals surface area contributed by atoms with Crippen molar-refractivity contribution in [2.24, 2.45) is 0 Å². The standard InChI is InChI=1S/C12H17NO3/c1-3-16-11-6-4-10(5-7-11)8-9-13(2)12(14)15/h4-7H,3,8-9H2,1-2H3,(H,14,15). The Morgan fingerprint density at radius 3 is 2.50 bits per heavy atom. The number of hydrogen-bond acceptors (Lipinski definition) is 2. The summed E-state index contributed by atoms with van der Waals surface area (Å²) in [5.41, 5.74) is 1.11. The van der Waals surface area contributed by atoms with E-state index in [1.54, 1.807) is 7.05 Å². The zero-order valence-electron chi connectivity index (χ0n) is 9.64. The first kappa shape index (κ1) is 12.4. The highest BCUT2D eigenvalue weighted by atomic mass is 16.5. The van der Waals surface area contributed by atoms with Gasteiger partial charge in [-0.1, -0.05) is 12.1 Å². The zero-order chi connectivity index (χ0) is 12.0. The number of carbonyl (C=O) groups is 1. The summed E-state index contributed by atoms with van der Waals surface area (Å²) >= 11 is 0. The zero-order valence-corrected chi connectivity index (χ0v) is 9.64. The SMILES string of the molecule is CCOc1ccc(CCN(C)C(=O)O)cc1. The van der Waals surface area contributed by atoms with Crippen molar-refractivity contribution < 1.29 is 14.6 Å². The Balaban J connectivity index is 2.46. The minimum absolute atomic E-state index is 0.503. The quantitative estimate of drug-likeness (QED) is 0.832. The van der Waals surface area contributed by atoms with Gasteiger partial charge < -0.3 is 14.7 Å². The molecule has 0 bridgehead atoms. The van der Waals surface area contributed by atoms with E-state index in [0.29, 0.717) is 13.2 Å². The molecular weight excluding hydrogens is 206 g/mol. The molecule has 4 heteroatoms. The Kier molecular flexibility index (Phi) is 4.64. The van der Waals surface area contributed by atoms with E-state index in [0.717, 1.165) is 17.7 Å². The van der Waals surface area contributed by atoms with E-state index in [1.165, 1.54) is 4.90 Å². The van der Waals surface area contributed by atoms with Crippen molar-refractivity contribution in [2.45, 2.75) is 13.3 Å². The first-order valence-electron chi connectivity index (χ1n) is 5.29. The van der Waals surface area contributed by atoms with E-state index in [2.05, 4.69) is 0 Å². The number of benzene rings is 1. The van der Waals surface area contributed by atoms with Crippen LogP contribution in [0.1, 0.15) is 12.5 Å². The molecule has 0 spiro atoms. The largest absolute Gasteiger partial charge is 0.494 e. The van der Waals surface area contributed by atoms with Gasteiger partial charge in [-0.05, 0) is 31.0 Å². The molecule has 1 N–H and O–H groups in total. The lowest BCUT2D eigenvalue weighted by Gasteiger charge is -2.12. The number of rotatable bonds is 5. The summed E-state index contributed by atoms with van der Waals surface area (Å²) in [7, 11) is 1.57. The molecular formula is C12H17NO3. The van der Waals surface area contributed by atoms with E-state index in [-0.39, 0.29) is 0 Å². The second-order valence-corrected chi connectivity index (χ2v) is 3.53. The molecule has 16 heavy (non-hydrogen) atoms. The number of nitrogens with zero attached hydrogens (tertiary/aromatic N) is 1. The van der Waals surface area contributed by atoms with Gasteiger partial charge >= 0.3 is 6.09 Å². The first-order valence-corrected chi connectivity index (χ1v) is 5.29. The average molecular weight is 223 g/mol. The molecule has 0 saturated heterocycles. The van der Waals surface area contributed by atoms with Crippen molar-refractivity contribution in [1.29, 1.82) is 0 Å². The maximum atomic E-state index is 10.6. The maximum absolute atomic E-state index is 10.6. The van der Waals surface area contributed by atoms with Gasteiger partial charge in [-0.15, -0.1) is 0 Å². The lowest BCUT2D eigenvalue weighted by molar-refractivity contribution is 0.156. The van der Waals surface area contributed by atoms with E-state index in [4.69, 9.17) is 9.84 Å². The molecule has 1 amide bonds. The third-order valence-corrected chi connectivity index (χ3v) is 2.30. The summed E-state index contributed by atoms with van der Waals surface area (Å²) < 4.78 is 5.32. The molecule has 1 rings (SSSR count). The van der Waals surface area contributed by atoms with Gasteiger partial charge in [0.05, 0.1) is 6.61 Å². The molecule has 0 radical (unpaired) electrons. The number of likely N-dealkylation sites (N-methyl/N-ethyl adjacent to an activating group) is 1. The van der Waals surface area contributed by atoms with Crippen molar-refractivity contribution in [3.05, 3.63) is 29.8 Å². The molecule has 0 heterocycles. The van der Waals surface area contributed by atoms with Gasteiger partial charge in [0, 0.05) is 13.6 Å². The molecule has 0 aliphatic rings. The summed E-state index contributed by atoms with van der Waals surface area (Å²) in [5.74, 6) is 0.845. The molecule has 0 aliphatic heterocycles. The van der Waals surface area contributed by atoms with Crippen LogP contribution in [0.25, 0.3) is 0 Å². The molecule has 0 unspecified atom stereocenters. The Bertz CT molecular complexity index is 335. The van der Waals surface area contributed by atoms with E-state index >= 15 is 0 Å². The van der Waals surface area contributed by atoms with Crippen LogP contribution >= 0.6 is 0 Å². The Labute approximate surface area is 95.5 Å². The van der Waals surface area contributed by atoms with Crippen LogP contribution in [0, 0.1) is 0 Å². The first-order chi connectivity index (χ1) is 7.63. The second kappa shape index (κ2) is 6.00.